The van der Waals surface area contributed by atoms with Gasteiger partial charge >= 0.3 is 0 Å². The van der Waals surface area contributed by atoms with Gasteiger partial charge in [0.2, 0.25) is 6.79 Å². The Morgan fingerprint density at radius 1 is 0.971 bits per heavy atom. The van der Waals surface area contributed by atoms with Gasteiger partial charge in [0.15, 0.2) is 17.3 Å². The zero-order valence-electron chi connectivity index (χ0n) is 19.0. The quantitative estimate of drug-likeness (QED) is 0.380. The number of allylic oxidation sites excluding steroid dienone is 1. The Hall–Kier alpha value is -4.33. The second kappa shape index (κ2) is 8.16. The SMILES string of the molecule is Cc1ccc([C@H]2CC(=O)C3=C(C2)Nc2ccccc2N[C@H]3c2cc3c(cc2[N+](=O)[O-])OCO3)cc1. The highest BCUT2D eigenvalue weighted by atomic mass is 16.7. The number of fused-ring (bicyclic) bond motifs is 2. The monoisotopic (exact) mass is 469 g/mol. The van der Waals surface area contributed by atoms with E-state index in [1.807, 2.05) is 31.2 Å². The first-order valence-corrected chi connectivity index (χ1v) is 11.5. The molecule has 3 aromatic carbocycles. The van der Waals surface area contributed by atoms with Crippen LogP contribution in [0, 0.1) is 17.0 Å². The van der Waals surface area contributed by atoms with Crippen LogP contribution in [-0.2, 0) is 4.79 Å². The topological polar surface area (TPSA) is 103 Å². The van der Waals surface area contributed by atoms with Crippen LogP contribution in [0.2, 0.25) is 0 Å². The number of ether oxygens (including phenoxy) is 2. The summed E-state index contributed by atoms with van der Waals surface area (Å²) in [5, 5.41) is 19.0. The molecule has 0 aromatic heterocycles. The summed E-state index contributed by atoms with van der Waals surface area (Å²) >= 11 is 0. The number of nitrogens with one attached hydrogen (secondary N) is 2. The van der Waals surface area contributed by atoms with E-state index in [2.05, 4.69) is 34.9 Å². The smallest absolute Gasteiger partial charge is 0.279 e. The van der Waals surface area contributed by atoms with Crippen LogP contribution in [0.1, 0.15) is 41.5 Å². The van der Waals surface area contributed by atoms with Crippen molar-refractivity contribution in [2.24, 2.45) is 0 Å². The standard InChI is InChI=1S/C27H23N3O5/c1-15-6-8-16(9-7-15)17-10-21-26(23(31)11-17)27(29-20-5-3-2-4-19(20)28-21)18-12-24-25(35-14-34-24)13-22(18)30(32)33/h2-9,12-13,17,27-29H,10-11,14H2,1H3/t17-,27+/m1/s1. The number of benzene rings is 3. The molecular weight excluding hydrogens is 446 g/mol. The Labute approximate surface area is 201 Å². The van der Waals surface area contributed by atoms with E-state index in [-0.39, 0.29) is 24.2 Å². The number of rotatable bonds is 3. The van der Waals surface area contributed by atoms with Crippen LogP contribution in [0.3, 0.4) is 0 Å². The second-order valence-corrected chi connectivity index (χ2v) is 9.10. The maximum Gasteiger partial charge on any atom is 0.279 e. The number of hydrogen-bond acceptors (Lipinski definition) is 7. The minimum atomic E-state index is -0.720. The number of hydrogen-bond donors (Lipinski definition) is 2. The van der Waals surface area contributed by atoms with Gasteiger partial charge in [-0.3, -0.25) is 14.9 Å². The van der Waals surface area contributed by atoms with Crippen molar-refractivity contribution in [1.82, 2.24) is 0 Å². The molecule has 0 saturated heterocycles. The van der Waals surface area contributed by atoms with Crippen LogP contribution in [0.4, 0.5) is 17.1 Å². The first kappa shape index (κ1) is 21.2. The van der Waals surface area contributed by atoms with E-state index in [1.54, 1.807) is 6.07 Å². The van der Waals surface area contributed by atoms with E-state index in [0.717, 1.165) is 28.2 Å². The first-order valence-electron chi connectivity index (χ1n) is 11.5. The number of nitro groups is 1. The predicted octanol–water partition coefficient (Wildman–Crippen LogP) is 5.61. The lowest BCUT2D eigenvalue weighted by atomic mass is 9.78. The predicted molar refractivity (Wildman–Crippen MR) is 131 cm³/mol. The van der Waals surface area contributed by atoms with Gasteiger partial charge in [-0.25, -0.2) is 0 Å². The van der Waals surface area contributed by atoms with Crippen LogP contribution < -0.4 is 20.1 Å². The average molecular weight is 469 g/mol. The van der Waals surface area contributed by atoms with Gasteiger partial charge in [0.1, 0.15) is 0 Å². The fourth-order valence-corrected chi connectivity index (χ4v) is 5.14. The fourth-order valence-electron chi connectivity index (χ4n) is 5.14. The average Bonchev–Trinajstić information content (AvgIpc) is 3.24. The summed E-state index contributed by atoms with van der Waals surface area (Å²) in [5.74, 6) is 0.741. The molecule has 0 radical (unpaired) electrons. The normalized spacial score (nSPS) is 20.3. The number of nitrogens with zero attached hydrogens (tertiary/aromatic N) is 1. The van der Waals surface area contributed by atoms with Crippen LogP contribution in [0.25, 0.3) is 0 Å². The third-order valence-electron chi connectivity index (χ3n) is 6.89. The molecule has 176 valence electrons. The molecule has 0 amide bonds. The molecule has 2 N–H and O–H groups in total. The molecule has 35 heavy (non-hydrogen) atoms. The minimum absolute atomic E-state index is 0.00350. The summed E-state index contributed by atoms with van der Waals surface area (Å²) in [5.41, 5.74) is 5.40. The molecule has 8 heteroatoms. The van der Waals surface area contributed by atoms with E-state index in [9.17, 15) is 14.9 Å². The van der Waals surface area contributed by atoms with Crippen molar-refractivity contribution in [2.45, 2.75) is 31.7 Å². The van der Waals surface area contributed by atoms with Crippen molar-refractivity contribution in [3.05, 3.63) is 98.7 Å². The zero-order chi connectivity index (χ0) is 24.1. The maximum absolute atomic E-state index is 13.7. The van der Waals surface area contributed by atoms with Crippen molar-refractivity contribution < 1.29 is 19.2 Å². The molecule has 2 aliphatic heterocycles. The minimum Gasteiger partial charge on any atom is -0.454 e. The molecule has 6 rings (SSSR count). The summed E-state index contributed by atoms with van der Waals surface area (Å²) in [4.78, 5) is 25.3. The highest BCUT2D eigenvalue weighted by Crippen LogP contribution is 2.48. The van der Waals surface area contributed by atoms with Crippen molar-refractivity contribution in [1.29, 1.82) is 0 Å². The van der Waals surface area contributed by atoms with Gasteiger partial charge in [0, 0.05) is 17.7 Å². The van der Waals surface area contributed by atoms with E-state index >= 15 is 0 Å². The van der Waals surface area contributed by atoms with Gasteiger partial charge in [0.05, 0.1) is 34.0 Å². The number of carbonyl (C=O) groups excluding carboxylic acids is 1. The van der Waals surface area contributed by atoms with E-state index in [4.69, 9.17) is 9.47 Å². The molecule has 0 saturated carbocycles. The number of anilines is 2. The number of para-hydroxylation sites is 2. The highest BCUT2D eigenvalue weighted by Gasteiger charge is 2.39. The van der Waals surface area contributed by atoms with Gasteiger partial charge in [-0.05, 0) is 43.0 Å². The Morgan fingerprint density at radius 2 is 1.69 bits per heavy atom. The van der Waals surface area contributed by atoms with E-state index in [1.165, 1.54) is 6.07 Å². The Bertz CT molecular complexity index is 1400. The van der Waals surface area contributed by atoms with E-state index in [0.29, 0.717) is 35.5 Å². The lowest BCUT2D eigenvalue weighted by Crippen LogP contribution is -2.27. The van der Waals surface area contributed by atoms with Crippen molar-refractivity contribution in [3.8, 4) is 11.5 Å². The van der Waals surface area contributed by atoms with Gasteiger partial charge in [-0.2, -0.15) is 0 Å². The third kappa shape index (κ3) is 3.67. The first-order chi connectivity index (χ1) is 17.0. The summed E-state index contributed by atoms with van der Waals surface area (Å²) < 4.78 is 10.9. The van der Waals surface area contributed by atoms with Crippen molar-refractivity contribution >= 4 is 22.8 Å². The molecule has 1 aliphatic carbocycles. The number of Topliss-reactive ketones (excluding diaryl/α,β-unsaturated/α-hetero) is 1. The molecule has 0 fully saturated rings. The van der Waals surface area contributed by atoms with Crippen LogP contribution in [0.5, 0.6) is 11.5 Å². The van der Waals surface area contributed by atoms with Crippen LogP contribution in [-0.4, -0.2) is 17.5 Å². The van der Waals surface area contributed by atoms with Crippen molar-refractivity contribution in [3.63, 3.8) is 0 Å². The number of carbonyl (C=O) groups is 1. The van der Waals surface area contributed by atoms with Gasteiger partial charge < -0.3 is 20.1 Å². The summed E-state index contributed by atoms with van der Waals surface area (Å²) in [6, 6.07) is 18.2. The molecule has 3 aromatic rings. The number of nitro benzene ring substituents is 1. The molecule has 0 spiro atoms. The number of ketones is 1. The lowest BCUT2D eigenvalue weighted by molar-refractivity contribution is -0.385. The van der Waals surface area contributed by atoms with Gasteiger partial charge in [-0.15, -0.1) is 0 Å². The van der Waals surface area contributed by atoms with Gasteiger partial charge in [0.25, 0.3) is 5.69 Å². The lowest BCUT2D eigenvalue weighted by Gasteiger charge is -2.30. The molecule has 0 bridgehead atoms. The molecule has 8 nitrogen and oxygen atoms in total. The Kier molecular flexibility index (Phi) is 4.95. The molecule has 2 heterocycles. The largest absolute Gasteiger partial charge is 0.454 e. The summed E-state index contributed by atoms with van der Waals surface area (Å²) in [6.45, 7) is 2.04. The highest BCUT2D eigenvalue weighted by molar-refractivity contribution is 6.01. The summed E-state index contributed by atoms with van der Waals surface area (Å²) in [7, 11) is 0. The van der Waals surface area contributed by atoms with Crippen LogP contribution >= 0.6 is 0 Å². The second-order valence-electron chi connectivity index (χ2n) is 9.10. The van der Waals surface area contributed by atoms with E-state index < -0.39 is 11.0 Å². The molecule has 0 unspecified atom stereocenters. The molecule has 2 atom stereocenters. The Balaban J connectivity index is 1.51. The van der Waals surface area contributed by atoms with Gasteiger partial charge in [-0.1, -0.05) is 42.0 Å². The molecular formula is C27H23N3O5. The Morgan fingerprint density at radius 3 is 2.43 bits per heavy atom. The number of aryl methyl sites for hydroxylation is 1. The molecule has 3 aliphatic rings. The fraction of sp³-hybridized carbons (Fsp3) is 0.222. The summed E-state index contributed by atoms with van der Waals surface area (Å²) in [6.07, 6.45) is 0.950. The van der Waals surface area contributed by atoms with Crippen molar-refractivity contribution in [2.75, 3.05) is 17.4 Å². The van der Waals surface area contributed by atoms with Crippen LogP contribution in [0.15, 0.2) is 71.9 Å². The zero-order valence-corrected chi connectivity index (χ0v) is 19.0. The third-order valence-corrected chi connectivity index (χ3v) is 6.89. The maximum atomic E-state index is 13.7.